The molecule has 27 heavy (non-hydrogen) atoms. The lowest BCUT2D eigenvalue weighted by molar-refractivity contribution is -0.144. The van der Waals surface area contributed by atoms with Crippen LogP contribution in [-0.4, -0.2) is 51.7 Å². The molecule has 0 aliphatic carbocycles. The second-order valence-electron chi connectivity index (χ2n) is 7.09. The molecular formula is C20H25N3O4. The van der Waals surface area contributed by atoms with Gasteiger partial charge in [0.25, 0.3) is 0 Å². The molecule has 0 saturated carbocycles. The molecule has 0 spiro atoms. The molecule has 0 radical (unpaired) electrons. The van der Waals surface area contributed by atoms with Crippen molar-refractivity contribution in [3.8, 4) is 11.3 Å². The van der Waals surface area contributed by atoms with Gasteiger partial charge in [-0.3, -0.25) is 9.59 Å². The number of aliphatic hydroxyl groups excluding tert-OH is 1. The van der Waals surface area contributed by atoms with Crippen LogP contribution in [0.4, 0.5) is 0 Å². The first-order valence-electron chi connectivity index (χ1n) is 9.18. The number of amides is 2. The van der Waals surface area contributed by atoms with Gasteiger partial charge in [0.2, 0.25) is 11.8 Å². The van der Waals surface area contributed by atoms with Gasteiger partial charge in [-0.05, 0) is 19.8 Å². The van der Waals surface area contributed by atoms with Crippen molar-refractivity contribution in [3.05, 3.63) is 42.2 Å². The normalized spacial score (nSPS) is 20.5. The maximum absolute atomic E-state index is 13.0. The van der Waals surface area contributed by atoms with Gasteiger partial charge in [-0.2, -0.15) is 0 Å². The standard InChI is InChI=1S/C20H25N3O4/c1-14(24)13-21-19(26)20(9-6-10-23(20)15(2)25)12-17-11-18(22-27-17)16-7-4-3-5-8-16/h3-5,7-8,11,14,24H,6,9-10,12-13H2,1-2H3,(H,21,26)/t14-,20+/m0/s1. The topological polar surface area (TPSA) is 95.7 Å². The third-order valence-electron chi connectivity index (χ3n) is 4.94. The fourth-order valence-corrected chi connectivity index (χ4v) is 3.67. The van der Waals surface area contributed by atoms with Crippen molar-refractivity contribution >= 4 is 11.8 Å². The van der Waals surface area contributed by atoms with E-state index in [2.05, 4.69) is 10.5 Å². The monoisotopic (exact) mass is 371 g/mol. The zero-order chi connectivity index (χ0) is 19.4. The molecule has 2 atom stereocenters. The van der Waals surface area contributed by atoms with Crippen LogP contribution in [0.5, 0.6) is 0 Å². The molecule has 1 aromatic heterocycles. The van der Waals surface area contributed by atoms with E-state index in [0.29, 0.717) is 24.4 Å². The Bertz CT molecular complexity index is 803. The fraction of sp³-hybridized carbons (Fsp3) is 0.450. The second-order valence-corrected chi connectivity index (χ2v) is 7.09. The summed E-state index contributed by atoms with van der Waals surface area (Å²) in [5.41, 5.74) is 0.598. The summed E-state index contributed by atoms with van der Waals surface area (Å²) in [4.78, 5) is 26.8. The highest BCUT2D eigenvalue weighted by molar-refractivity contribution is 5.91. The molecule has 2 amide bonds. The van der Waals surface area contributed by atoms with Gasteiger partial charge in [0.1, 0.15) is 17.0 Å². The van der Waals surface area contributed by atoms with Crippen LogP contribution in [0, 0.1) is 0 Å². The van der Waals surface area contributed by atoms with Crippen LogP contribution in [0.1, 0.15) is 32.4 Å². The van der Waals surface area contributed by atoms with Gasteiger partial charge in [-0.25, -0.2) is 0 Å². The van der Waals surface area contributed by atoms with Crippen molar-refractivity contribution in [2.45, 2.75) is 44.8 Å². The average molecular weight is 371 g/mol. The largest absolute Gasteiger partial charge is 0.392 e. The number of rotatable bonds is 6. The van der Waals surface area contributed by atoms with Crippen LogP contribution in [0.25, 0.3) is 11.3 Å². The van der Waals surface area contributed by atoms with Crippen LogP contribution >= 0.6 is 0 Å². The first kappa shape index (κ1) is 19.1. The fourth-order valence-electron chi connectivity index (χ4n) is 3.67. The first-order chi connectivity index (χ1) is 12.9. The summed E-state index contributed by atoms with van der Waals surface area (Å²) in [5, 5.41) is 16.4. The van der Waals surface area contributed by atoms with E-state index in [1.807, 2.05) is 36.4 Å². The summed E-state index contributed by atoms with van der Waals surface area (Å²) in [6.45, 7) is 3.74. The van der Waals surface area contributed by atoms with Crippen molar-refractivity contribution in [2.75, 3.05) is 13.1 Å². The molecular weight excluding hydrogens is 346 g/mol. The number of aromatic nitrogens is 1. The predicted octanol–water partition coefficient (Wildman–Crippen LogP) is 1.76. The SMILES string of the molecule is CC(=O)N1CCC[C@@]1(Cc1cc(-c2ccccc2)no1)C(=O)NC[C@H](C)O. The van der Waals surface area contributed by atoms with Gasteiger partial charge < -0.3 is 19.8 Å². The van der Waals surface area contributed by atoms with Gasteiger partial charge in [-0.15, -0.1) is 0 Å². The quantitative estimate of drug-likeness (QED) is 0.807. The van der Waals surface area contributed by atoms with Gasteiger partial charge in [0, 0.05) is 38.1 Å². The summed E-state index contributed by atoms with van der Waals surface area (Å²) < 4.78 is 5.49. The first-order valence-corrected chi connectivity index (χ1v) is 9.18. The van der Waals surface area contributed by atoms with E-state index < -0.39 is 11.6 Å². The van der Waals surface area contributed by atoms with E-state index in [4.69, 9.17) is 4.52 Å². The van der Waals surface area contributed by atoms with E-state index >= 15 is 0 Å². The number of carbonyl (C=O) groups excluding carboxylic acids is 2. The lowest BCUT2D eigenvalue weighted by Crippen LogP contribution is -2.59. The third kappa shape index (κ3) is 4.03. The minimum atomic E-state index is -1.02. The molecule has 7 heteroatoms. The van der Waals surface area contributed by atoms with E-state index in [1.54, 1.807) is 11.8 Å². The number of likely N-dealkylation sites (tertiary alicyclic amines) is 1. The Morgan fingerprint density at radius 3 is 2.78 bits per heavy atom. The Balaban J connectivity index is 1.87. The third-order valence-corrected chi connectivity index (χ3v) is 4.94. The number of hydrogen-bond donors (Lipinski definition) is 2. The summed E-state index contributed by atoms with van der Waals surface area (Å²) in [6.07, 6.45) is 0.868. The Morgan fingerprint density at radius 1 is 1.37 bits per heavy atom. The molecule has 0 unspecified atom stereocenters. The predicted molar refractivity (Wildman–Crippen MR) is 99.7 cm³/mol. The maximum atomic E-state index is 13.0. The molecule has 144 valence electrons. The smallest absolute Gasteiger partial charge is 0.246 e. The lowest BCUT2D eigenvalue weighted by atomic mass is 9.89. The van der Waals surface area contributed by atoms with Gasteiger partial charge in [-0.1, -0.05) is 35.5 Å². The van der Waals surface area contributed by atoms with Gasteiger partial charge in [0.15, 0.2) is 0 Å². The minimum Gasteiger partial charge on any atom is -0.392 e. The van der Waals surface area contributed by atoms with Crippen LogP contribution in [-0.2, 0) is 16.0 Å². The van der Waals surface area contributed by atoms with Crippen molar-refractivity contribution < 1.29 is 19.2 Å². The van der Waals surface area contributed by atoms with Gasteiger partial charge >= 0.3 is 0 Å². The van der Waals surface area contributed by atoms with Crippen LogP contribution in [0.3, 0.4) is 0 Å². The molecule has 1 fully saturated rings. The molecule has 7 nitrogen and oxygen atoms in total. The Kier molecular flexibility index (Phi) is 5.60. The maximum Gasteiger partial charge on any atom is 0.246 e. The van der Waals surface area contributed by atoms with Gasteiger partial charge in [0.05, 0.1) is 6.10 Å². The summed E-state index contributed by atoms with van der Waals surface area (Å²) >= 11 is 0. The van der Waals surface area contributed by atoms with E-state index in [9.17, 15) is 14.7 Å². The highest BCUT2D eigenvalue weighted by Crippen LogP contribution is 2.34. The minimum absolute atomic E-state index is 0.137. The molecule has 1 aliphatic rings. The molecule has 1 aliphatic heterocycles. The van der Waals surface area contributed by atoms with Crippen molar-refractivity contribution in [1.82, 2.24) is 15.4 Å². The highest BCUT2D eigenvalue weighted by Gasteiger charge is 2.49. The second kappa shape index (κ2) is 7.92. The number of carbonyl (C=O) groups is 2. The number of nitrogens with zero attached hydrogens (tertiary/aromatic N) is 2. The molecule has 2 aromatic rings. The summed E-state index contributed by atoms with van der Waals surface area (Å²) in [6, 6.07) is 11.4. The van der Waals surface area contributed by atoms with Crippen molar-refractivity contribution in [1.29, 1.82) is 0 Å². The number of nitrogens with one attached hydrogen (secondary N) is 1. The molecule has 3 rings (SSSR count). The number of hydrogen-bond acceptors (Lipinski definition) is 5. The number of aliphatic hydroxyl groups is 1. The number of benzene rings is 1. The summed E-state index contributed by atoms with van der Waals surface area (Å²) in [7, 11) is 0. The van der Waals surface area contributed by atoms with Crippen molar-refractivity contribution in [3.63, 3.8) is 0 Å². The Hall–Kier alpha value is -2.67. The average Bonchev–Trinajstić information content (AvgIpc) is 3.28. The van der Waals surface area contributed by atoms with Crippen LogP contribution < -0.4 is 5.32 Å². The van der Waals surface area contributed by atoms with E-state index in [-0.39, 0.29) is 24.8 Å². The van der Waals surface area contributed by atoms with Crippen molar-refractivity contribution in [2.24, 2.45) is 0 Å². The van der Waals surface area contributed by atoms with E-state index in [1.165, 1.54) is 6.92 Å². The molecule has 1 aromatic carbocycles. The zero-order valence-corrected chi connectivity index (χ0v) is 15.6. The molecule has 2 N–H and O–H groups in total. The highest BCUT2D eigenvalue weighted by atomic mass is 16.5. The summed E-state index contributed by atoms with van der Waals surface area (Å²) in [5.74, 6) is 0.130. The molecule has 1 saturated heterocycles. The molecule has 2 heterocycles. The Morgan fingerprint density at radius 2 is 2.11 bits per heavy atom. The Labute approximate surface area is 158 Å². The van der Waals surface area contributed by atoms with Crippen LogP contribution in [0.15, 0.2) is 40.9 Å². The molecule has 0 bridgehead atoms. The van der Waals surface area contributed by atoms with Crippen LogP contribution in [0.2, 0.25) is 0 Å². The van der Waals surface area contributed by atoms with E-state index in [0.717, 1.165) is 12.0 Å². The zero-order valence-electron chi connectivity index (χ0n) is 15.6. The lowest BCUT2D eigenvalue weighted by Gasteiger charge is -2.36.